The summed E-state index contributed by atoms with van der Waals surface area (Å²) in [5.41, 5.74) is 4.15. The monoisotopic (exact) mass is 642 g/mol. The fourth-order valence-electron chi connectivity index (χ4n) is 5.08. The van der Waals surface area contributed by atoms with Gasteiger partial charge in [0.2, 0.25) is 0 Å². The van der Waals surface area contributed by atoms with Crippen molar-refractivity contribution in [3.63, 3.8) is 0 Å². The van der Waals surface area contributed by atoms with E-state index in [1.54, 1.807) is 24.3 Å². The summed E-state index contributed by atoms with van der Waals surface area (Å²) in [6.07, 6.45) is 7.32. The number of anilines is 1. The number of hydrogen-bond acceptors (Lipinski definition) is 9. The summed E-state index contributed by atoms with van der Waals surface area (Å²) < 4.78 is 5.28. The highest BCUT2D eigenvalue weighted by atomic mass is 32.1. The molecule has 1 aromatic heterocycles. The predicted molar refractivity (Wildman–Crippen MR) is 190 cm³/mol. The van der Waals surface area contributed by atoms with Crippen LogP contribution in [0.2, 0.25) is 0 Å². The zero-order valence-electron chi connectivity index (χ0n) is 28.6. The van der Waals surface area contributed by atoms with Crippen molar-refractivity contribution in [2.24, 2.45) is 38.2 Å². The van der Waals surface area contributed by atoms with Crippen molar-refractivity contribution >= 4 is 44.4 Å². The molecule has 0 radical (unpaired) electrons. The molecule has 2 aromatic carbocycles. The van der Waals surface area contributed by atoms with Crippen LogP contribution >= 0.6 is 11.3 Å². The smallest absolute Gasteiger partial charge is 0.338 e. The predicted octanol–water partition coefficient (Wildman–Crippen LogP) is 12.0. The molecule has 0 N–H and O–H groups in total. The van der Waals surface area contributed by atoms with Crippen LogP contribution < -0.4 is 4.90 Å². The molecule has 0 saturated heterocycles. The summed E-state index contributed by atoms with van der Waals surface area (Å²) in [5, 5.41) is 28.5. The Morgan fingerprint density at radius 2 is 1.41 bits per heavy atom. The number of thiophene rings is 1. The molecule has 3 rings (SSSR count). The number of nitrogens with zero attached hydrogens (tertiary/aromatic N) is 6. The van der Waals surface area contributed by atoms with Crippen molar-refractivity contribution in [1.82, 2.24) is 0 Å². The largest absolute Gasteiger partial charge is 0.462 e. The van der Waals surface area contributed by atoms with Crippen molar-refractivity contribution < 1.29 is 9.53 Å². The molecule has 46 heavy (non-hydrogen) atoms. The molecule has 8 nitrogen and oxygen atoms in total. The van der Waals surface area contributed by atoms with Gasteiger partial charge >= 0.3 is 5.97 Å². The fraction of sp³-hybridized carbons (Fsp3) is 0.514. The summed E-state index contributed by atoms with van der Waals surface area (Å²) >= 11 is 1.28. The third kappa shape index (κ3) is 10.9. The van der Waals surface area contributed by atoms with Crippen LogP contribution in [0.1, 0.15) is 102 Å². The van der Waals surface area contributed by atoms with Crippen LogP contribution in [-0.2, 0) is 4.74 Å². The number of carbonyl (C=O) groups excluding carboxylic acids is 1. The summed E-state index contributed by atoms with van der Waals surface area (Å²) in [7, 11) is 0. The Balaban J connectivity index is 1.74. The van der Waals surface area contributed by atoms with Crippen LogP contribution in [0.5, 0.6) is 0 Å². The molecule has 246 valence electrons. The number of azo groups is 2. The molecule has 0 bridgehead atoms. The molecule has 0 aliphatic heterocycles. The minimum atomic E-state index is -0.360. The van der Waals surface area contributed by atoms with Crippen LogP contribution in [0, 0.1) is 36.0 Å². The molecule has 0 aliphatic rings. The first-order valence-corrected chi connectivity index (χ1v) is 17.5. The topological polar surface area (TPSA) is 103 Å². The number of rotatable bonds is 18. The Morgan fingerprint density at radius 1 is 0.848 bits per heavy atom. The SMILES string of the molecule is CCCCC(CC)CN(CC(CC)CC)c1ccc(/N=N/c2sc(N=Nc3ccc(C(=O)OCC(C)C)cc3)c(C)c2C#N)cc1. The quantitative estimate of drug-likeness (QED) is 0.102. The third-order valence-corrected chi connectivity index (χ3v) is 9.31. The first-order chi connectivity index (χ1) is 22.2. The highest BCUT2D eigenvalue weighted by molar-refractivity contribution is 7.19. The summed E-state index contributed by atoms with van der Waals surface area (Å²) in [6.45, 7) is 17.5. The molecule has 0 aliphatic carbocycles. The number of hydrogen-bond donors (Lipinski definition) is 0. The standard InChI is InChI=1S/C37H50N6O2S/c1-8-12-13-29(11-4)24-43(23-28(9-2)10-3)33-20-18-32(19-21-33)40-42-36-34(22-38)27(7)35(46-36)41-39-31-16-14-30(15-17-31)37(44)45-25-26(5)6/h14-21,26,28-29H,8-13,23-25H2,1-7H3/b41-39?,42-40+. The van der Waals surface area contributed by atoms with Crippen LogP contribution in [0.3, 0.4) is 0 Å². The van der Waals surface area contributed by atoms with E-state index in [9.17, 15) is 10.1 Å². The molecular formula is C37H50N6O2S. The lowest BCUT2D eigenvalue weighted by atomic mass is 9.96. The molecule has 9 heteroatoms. The van der Waals surface area contributed by atoms with Gasteiger partial charge in [-0.3, -0.25) is 0 Å². The van der Waals surface area contributed by atoms with Crippen LogP contribution in [-0.4, -0.2) is 25.7 Å². The van der Waals surface area contributed by atoms with Gasteiger partial charge in [0.05, 0.1) is 29.1 Å². The van der Waals surface area contributed by atoms with E-state index in [2.05, 4.69) is 71.3 Å². The van der Waals surface area contributed by atoms with Gasteiger partial charge in [0, 0.05) is 24.3 Å². The van der Waals surface area contributed by atoms with Crippen LogP contribution in [0.25, 0.3) is 0 Å². The van der Waals surface area contributed by atoms with Gasteiger partial charge in [-0.1, -0.05) is 85.0 Å². The van der Waals surface area contributed by atoms with E-state index < -0.39 is 0 Å². The Morgan fingerprint density at radius 3 is 1.96 bits per heavy atom. The molecular weight excluding hydrogens is 593 g/mol. The minimum absolute atomic E-state index is 0.271. The van der Waals surface area contributed by atoms with Gasteiger partial charge < -0.3 is 9.64 Å². The maximum atomic E-state index is 12.2. The van der Waals surface area contributed by atoms with Gasteiger partial charge in [0.15, 0.2) is 5.00 Å². The molecule has 0 amide bonds. The Hall–Kier alpha value is -3.90. The number of benzene rings is 2. The maximum absolute atomic E-state index is 12.2. The van der Waals surface area contributed by atoms with Gasteiger partial charge in [-0.25, -0.2) is 4.79 Å². The van der Waals surface area contributed by atoms with E-state index in [1.165, 1.54) is 55.5 Å². The summed E-state index contributed by atoms with van der Waals surface area (Å²) in [5.74, 6) is 1.26. The van der Waals surface area contributed by atoms with Crippen LogP contribution in [0.15, 0.2) is 69.0 Å². The van der Waals surface area contributed by atoms with Crippen molar-refractivity contribution in [3.8, 4) is 6.07 Å². The lowest BCUT2D eigenvalue weighted by Gasteiger charge is -2.32. The lowest BCUT2D eigenvalue weighted by molar-refractivity contribution is 0.0459. The van der Waals surface area contributed by atoms with Crippen molar-refractivity contribution in [2.75, 3.05) is 24.6 Å². The molecule has 1 heterocycles. The maximum Gasteiger partial charge on any atom is 0.338 e. The van der Waals surface area contributed by atoms with Gasteiger partial charge in [-0.05, 0) is 79.6 Å². The summed E-state index contributed by atoms with van der Waals surface area (Å²) in [6, 6.07) is 17.3. The normalized spacial score (nSPS) is 12.3. The second kappa shape index (κ2) is 18.9. The first-order valence-electron chi connectivity index (χ1n) is 16.7. The van der Waals surface area contributed by atoms with Gasteiger partial charge in [-0.15, -0.1) is 20.5 Å². The third-order valence-electron chi connectivity index (χ3n) is 8.25. The molecule has 3 aromatic rings. The second-order valence-corrected chi connectivity index (χ2v) is 13.3. The molecule has 1 atom stereocenters. The van der Waals surface area contributed by atoms with Crippen LogP contribution in [0.4, 0.5) is 27.1 Å². The van der Waals surface area contributed by atoms with Crippen molar-refractivity contribution in [1.29, 1.82) is 5.26 Å². The van der Waals surface area contributed by atoms with Gasteiger partial charge in [-0.2, -0.15) is 5.26 Å². The minimum Gasteiger partial charge on any atom is -0.462 e. The highest BCUT2D eigenvalue weighted by Crippen LogP contribution is 2.42. The highest BCUT2D eigenvalue weighted by Gasteiger charge is 2.18. The first kappa shape index (κ1) is 36.6. The molecule has 0 spiro atoms. The Labute approximate surface area is 279 Å². The number of nitriles is 1. The fourth-order valence-corrected chi connectivity index (χ4v) is 5.99. The zero-order valence-corrected chi connectivity index (χ0v) is 29.4. The van der Waals surface area contributed by atoms with Crippen molar-refractivity contribution in [3.05, 3.63) is 65.2 Å². The van der Waals surface area contributed by atoms with Gasteiger partial charge in [0.25, 0.3) is 0 Å². The number of ether oxygens (including phenoxy) is 1. The molecule has 1 unspecified atom stereocenters. The van der Waals surface area contributed by atoms with E-state index in [0.717, 1.165) is 18.8 Å². The molecule has 0 saturated carbocycles. The van der Waals surface area contributed by atoms with E-state index in [0.29, 0.717) is 50.8 Å². The van der Waals surface area contributed by atoms with E-state index in [1.807, 2.05) is 32.9 Å². The number of carbonyl (C=O) groups is 1. The average Bonchev–Trinajstić information content (AvgIpc) is 3.39. The molecule has 0 fully saturated rings. The van der Waals surface area contributed by atoms with E-state index in [-0.39, 0.29) is 11.9 Å². The van der Waals surface area contributed by atoms with Crippen molar-refractivity contribution in [2.45, 2.75) is 87.0 Å². The van der Waals surface area contributed by atoms with E-state index in [4.69, 9.17) is 4.74 Å². The second-order valence-electron chi connectivity index (χ2n) is 12.3. The lowest BCUT2D eigenvalue weighted by Crippen LogP contribution is -2.33. The van der Waals surface area contributed by atoms with Gasteiger partial charge in [0.1, 0.15) is 11.1 Å². The summed E-state index contributed by atoms with van der Waals surface area (Å²) in [4.78, 5) is 14.7. The number of esters is 1. The van der Waals surface area contributed by atoms with E-state index >= 15 is 0 Å². The average molecular weight is 643 g/mol. The Kier molecular flexibility index (Phi) is 15.0. The number of unbranched alkanes of at least 4 members (excludes halogenated alkanes) is 1. The zero-order chi connectivity index (χ0) is 33.5. The Bertz CT molecular complexity index is 1470.